The van der Waals surface area contributed by atoms with Gasteiger partial charge in [0.05, 0.1) is 5.70 Å². The SMILES string of the molecule is Cc1ccccc1C1=Cc2ccccc2ON1. The largest absolute Gasteiger partial charge is 0.382 e. The second-order valence-corrected chi connectivity index (χ2v) is 4.11. The summed E-state index contributed by atoms with van der Waals surface area (Å²) in [6.45, 7) is 2.10. The number of hydroxylamine groups is 1. The fraction of sp³-hybridized carbons (Fsp3) is 0.0667. The van der Waals surface area contributed by atoms with Gasteiger partial charge in [-0.15, -0.1) is 0 Å². The van der Waals surface area contributed by atoms with Gasteiger partial charge in [-0.1, -0.05) is 42.5 Å². The lowest BCUT2D eigenvalue weighted by Crippen LogP contribution is -2.20. The van der Waals surface area contributed by atoms with Crippen LogP contribution < -0.4 is 10.3 Å². The maximum Gasteiger partial charge on any atom is 0.162 e. The molecular formula is C15H13NO. The van der Waals surface area contributed by atoms with Crippen molar-refractivity contribution in [3.63, 3.8) is 0 Å². The summed E-state index contributed by atoms with van der Waals surface area (Å²) >= 11 is 0. The van der Waals surface area contributed by atoms with Gasteiger partial charge in [-0.3, -0.25) is 0 Å². The molecule has 1 aliphatic rings. The summed E-state index contributed by atoms with van der Waals surface area (Å²) in [5, 5.41) is 0. The van der Waals surface area contributed by atoms with Crippen LogP contribution in [-0.4, -0.2) is 0 Å². The third kappa shape index (κ3) is 1.78. The zero-order valence-electron chi connectivity index (χ0n) is 9.60. The van der Waals surface area contributed by atoms with E-state index in [9.17, 15) is 0 Å². The molecule has 84 valence electrons. The van der Waals surface area contributed by atoms with Gasteiger partial charge in [-0.05, 0) is 24.6 Å². The van der Waals surface area contributed by atoms with Crippen molar-refractivity contribution < 1.29 is 4.84 Å². The molecule has 0 saturated carbocycles. The van der Waals surface area contributed by atoms with Gasteiger partial charge in [0, 0.05) is 11.1 Å². The first-order valence-corrected chi connectivity index (χ1v) is 5.64. The molecule has 0 unspecified atom stereocenters. The van der Waals surface area contributed by atoms with Crippen LogP contribution in [0.5, 0.6) is 5.75 Å². The number of benzene rings is 2. The zero-order chi connectivity index (χ0) is 11.7. The molecule has 0 atom stereocenters. The maximum atomic E-state index is 5.53. The summed E-state index contributed by atoms with van der Waals surface area (Å²) in [4.78, 5) is 5.53. The molecule has 0 saturated heterocycles. The van der Waals surface area contributed by atoms with Crippen molar-refractivity contribution in [1.82, 2.24) is 5.48 Å². The highest BCUT2D eigenvalue weighted by molar-refractivity contribution is 5.84. The van der Waals surface area contributed by atoms with Gasteiger partial charge in [0.2, 0.25) is 0 Å². The van der Waals surface area contributed by atoms with Gasteiger partial charge < -0.3 is 4.84 Å². The predicted octanol–water partition coefficient (Wildman–Crippen LogP) is 3.39. The quantitative estimate of drug-likeness (QED) is 0.800. The smallest absolute Gasteiger partial charge is 0.162 e. The first-order valence-electron chi connectivity index (χ1n) is 5.64. The molecule has 0 fully saturated rings. The lowest BCUT2D eigenvalue weighted by Gasteiger charge is -2.20. The number of hydrogen-bond donors (Lipinski definition) is 1. The molecular weight excluding hydrogens is 210 g/mol. The number of aryl methyl sites for hydroxylation is 1. The highest BCUT2D eigenvalue weighted by atomic mass is 16.6. The number of rotatable bonds is 1. The van der Waals surface area contributed by atoms with Crippen LogP contribution in [0.25, 0.3) is 11.8 Å². The normalized spacial score (nSPS) is 13.1. The van der Waals surface area contributed by atoms with Crippen LogP contribution in [-0.2, 0) is 0 Å². The molecule has 0 radical (unpaired) electrons. The van der Waals surface area contributed by atoms with E-state index in [1.54, 1.807) is 0 Å². The summed E-state index contributed by atoms with van der Waals surface area (Å²) in [6, 6.07) is 16.2. The van der Waals surface area contributed by atoms with Gasteiger partial charge in [-0.2, -0.15) is 0 Å². The summed E-state index contributed by atoms with van der Waals surface area (Å²) in [6.07, 6.45) is 2.11. The fourth-order valence-electron chi connectivity index (χ4n) is 2.00. The average molecular weight is 223 g/mol. The topological polar surface area (TPSA) is 21.3 Å². The van der Waals surface area contributed by atoms with E-state index in [4.69, 9.17) is 4.84 Å². The Morgan fingerprint density at radius 3 is 2.59 bits per heavy atom. The van der Waals surface area contributed by atoms with E-state index in [0.29, 0.717) is 0 Å². The molecule has 17 heavy (non-hydrogen) atoms. The predicted molar refractivity (Wildman–Crippen MR) is 69.3 cm³/mol. The Labute approximate surface area is 101 Å². The molecule has 2 heteroatoms. The standard InChI is InChI=1S/C15H13NO/c1-11-6-2-4-8-13(11)14-10-12-7-3-5-9-15(12)17-16-14/h2-10,16H,1H3. The van der Waals surface area contributed by atoms with Crippen molar-refractivity contribution in [1.29, 1.82) is 0 Å². The second kappa shape index (κ2) is 3.98. The molecule has 1 aliphatic heterocycles. The molecule has 2 aromatic carbocycles. The van der Waals surface area contributed by atoms with E-state index in [2.05, 4.69) is 36.7 Å². The second-order valence-electron chi connectivity index (χ2n) is 4.11. The average Bonchev–Trinajstić information content (AvgIpc) is 2.39. The van der Waals surface area contributed by atoms with E-state index in [1.807, 2.05) is 30.3 Å². The van der Waals surface area contributed by atoms with Crippen LogP contribution in [0, 0.1) is 6.92 Å². The summed E-state index contributed by atoms with van der Waals surface area (Å²) in [5.74, 6) is 0.866. The minimum Gasteiger partial charge on any atom is -0.382 e. The molecule has 0 amide bonds. The molecule has 1 N–H and O–H groups in total. The molecule has 0 bridgehead atoms. The van der Waals surface area contributed by atoms with Gasteiger partial charge in [0.25, 0.3) is 0 Å². The molecule has 3 rings (SSSR count). The Bertz CT molecular complexity index is 587. The van der Waals surface area contributed by atoms with Crippen LogP contribution >= 0.6 is 0 Å². The third-order valence-corrected chi connectivity index (χ3v) is 2.93. The number of fused-ring (bicyclic) bond motifs is 1. The van der Waals surface area contributed by atoms with Crippen LogP contribution in [0.15, 0.2) is 48.5 Å². The Morgan fingerprint density at radius 1 is 0.941 bits per heavy atom. The van der Waals surface area contributed by atoms with Gasteiger partial charge in [-0.25, -0.2) is 5.48 Å². The number of para-hydroxylation sites is 1. The van der Waals surface area contributed by atoms with Crippen LogP contribution in [0.4, 0.5) is 0 Å². The summed E-state index contributed by atoms with van der Waals surface area (Å²) in [7, 11) is 0. The van der Waals surface area contributed by atoms with Crippen molar-refractivity contribution in [3.05, 3.63) is 65.2 Å². The number of hydrogen-bond acceptors (Lipinski definition) is 2. The Kier molecular flexibility index (Phi) is 2.33. The van der Waals surface area contributed by atoms with E-state index in [1.165, 1.54) is 11.1 Å². The minimum atomic E-state index is 0.866. The Balaban J connectivity index is 2.08. The summed E-state index contributed by atoms with van der Waals surface area (Å²) < 4.78 is 0. The lowest BCUT2D eigenvalue weighted by molar-refractivity contribution is 0.249. The number of nitrogens with one attached hydrogen (secondary N) is 1. The highest BCUT2D eigenvalue weighted by Gasteiger charge is 2.12. The first-order chi connectivity index (χ1) is 8.34. The van der Waals surface area contributed by atoms with Crippen LogP contribution in [0.3, 0.4) is 0 Å². The van der Waals surface area contributed by atoms with Gasteiger partial charge in [0.15, 0.2) is 5.75 Å². The third-order valence-electron chi connectivity index (χ3n) is 2.93. The van der Waals surface area contributed by atoms with Crippen LogP contribution in [0.1, 0.15) is 16.7 Å². The Morgan fingerprint density at radius 2 is 1.71 bits per heavy atom. The van der Waals surface area contributed by atoms with Crippen molar-refractivity contribution in [2.75, 3.05) is 0 Å². The van der Waals surface area contributed by atoms with Crippen molar-refractivity contribution in [2.45, 2.75) is 6.92 Å². The Hall–Kier alpha value is -2.22. The van der Waals surface area contributed by atoms with Gasteiger partial charge >= 0.3 is 0 Å². The van der Waals surface area contributed by atoms with Crippen molar-refractivity contribution >= 4 is 11.8 Å². The molecule has 0 aliphatic carbocycles. The lowest BCUT2D eigenvalue weighted by atomic mass is 10.0. The molecule has 2 nitrogen and oxygen atoms in total. The molecule has 2 aromatic rings. The van der Waals surface area contributed by atoms with E-state index in [-0.39, 0.29) is 0 Å². The maximum absolute atomic E-state index is 5.53. The van der Waals surface area contributed by atoms with Gasteiger partial charge in [0.1, 0.15) is 0 Å². The van der Waals surface area contributed by atoms with E-state index in [0.717, 1.165) is 17.0 Å². The molecule has 0 aromatic heterocycles. The fourth-order valence-corrected chi connectivity index (χ4v) is 2.00. The van der Waals surface area contributed by atoms with Crippen molar-refractivity contribution in [3.8, 4) is 5.75 Å². The van der Waals surface area contributed by atoms with E-state index < -0.39 is 0 Å². The summed E-state index contributed by atoms with van der Waals surface area (Å²) in [5.41, 5.74) is 7.50. The highest BCUT2D eigenvalue weighted by Crippen LogP contribution is 2.28. The zero-order valence-corrected chi connectivity index (χ0v) is 9.60. The van der Waals surface area contributed by atoms with Crippen molar-refractivity contribution in [2.24, 2.45) is 0 Å². The molecule has 0 spiro atoms. The monoisotopic (exact) mass is 223 g/mol. The van der Waals surface area contributed by atoms with Crippen LogP contribution in [0.2, 0.25) is 0 Å². The first kappa shape index (κ1) is 9.97. The minimum absolute atomic E-state index is 0.866. The van der Waals surface area contributed by atoms with E-state index >= 15 is 0 Å². The molecule has 1 heterocycles.